The van der Waals surface area contributed by atoms with Crippen molar-refractivity contribution in [1.82, 2.24) is 0 Å². The van der Waals surface area contributed by atoms with Crippen molar-refractivity contribution in [2.75, 3.05) is 0 Å². The number of amides is 1. The predicted octanol–water partition coefficient (Wildman–Crippen LogP) is 3.99. The fraction of sp³-hybridized carbons (Fsp3) is 0.167. The van der Waals surface area contributed by atoms with Crippen molar-refractivity contribution in [1.29, 1.82) is 0 Å². The van der Waals surface area contributed by atoms with Crippen LogP contribution < -0.4 is 10.5 Å². The molecular formula is C18H17NO3. The van der Waals surface area contributed by atoms with E-state index in [0.717, 1.165) is 16.5 Å². The van der Waals surface area contributed by atoms with Crippen molar-refractivity contribution < 1.29 is 13.9 Å². The highest BCUT2D eigenvalue weighted by molar-refractivity contribution is 6.01. The number of fused-ring (bicyclic) bond motifs is 1. The normalized spacial score (nSPS) is 11.0. The quantitative estimate of drug-likeness (QED) is 0.791. The molecule has 0 radical (unpaired) electrons. The predicted molar refractivity (Wildman–Crippen MR) is 85.9 cm³/mol. The van der Waals surface area contributed by atoms with Gasteiger partial charge in [0.2, 0.25) is 5.76 Å². The van der Waals surface area contributed by atoms with Gasteiger partial charge in [-0.15, -0.1) is 0 Å². The molecule has 0 saturated carbocycles. The molecule has 112 valence electrons. The highest BCUT2D eigenvalue weighted by Gasteiger charge is 2.21. The van der Waals surface area contributed by atoms with Gasteiger partial charge in [-0.05, 0) is 37.1 Å². The van der Waals surface area contributed by atoms with Crippen molar-refractivity contribution in [2.24, 2.45) is 5.73 Å². The van der Waals surface area contributed by atoms with Gasteiger partial charge in [0.05, 0.1) is 11.5 Å². The van der Waals surface area contributed by atoms with Crippen LogP contribution in [0.4, 0.5) is 0 Å². The molecule has 0 aliphatic heterocycles. The van der Waals surface area contributed by atoms with Gasteiger partial charge in [-0.3, -0.25) is 4.79 Å². The van der Waals surface area contributed by atoms with Crippen molar-refractivity contribution in [3.63, 3.8) is 0 Å². The lowest BCUT2D eigenvalue weighted by molar-refractivity contribution is 0.0968. The maximum absolute atomic E-state index is 11.6. The number of hydrogen-bond acceptors (Lipinski definition) is 3. The van der Waals surface area contributed by atoms with Crippen molar-refractivity contribution in [2.45, 2.75) is 20.0 Å². The van der Waals surface area contributed by atoms with E-state index in [2.05, 4.69) is 0 Å². The summed E-state index contributed by atoms with van der Waals surface area (Å²) in [6, 6.07) is 15.7. The summed E-state index contributed by atoms with van der Waals surface area (Å²) in [7, 11) is 0. The molecule has 2 aromatic carbocycles. The Kier molecular flexibility index (Phi) is 3.59. The summed E-state index contributed by atoms with van der Waals surface area (Å²) in [5.41, 5.74) is 8.09. The summed E-state index contributed by atoms with van der Waals surface area (Å²) in [6.07, 6.45) is -0.0840. The first kappa shape index (κ1) is 14.2. The molecule has 4 heteroatoms. The number of ether oxygens (including phenoxy) is 1. The summed E-state index contributed by atoms with van der Waals surface area (Å²) in [6.45, 7) is 3.79. The highest BCUT2D eigenvalue weighted by Crippen LogP contribution is 2.36. The molecule has 0 bridgehead atoms. The Morgan fingerprint density at radius 2 is 1.82 bits per heavy atom. The maximum Gasteiger partial charge on any atom is 0.288 e. The van der Waals surface area contributed by atoms with Crippen molar-refractivity contribution in [3.05, 3.63) is 54.3 Å². The standard InChI is InChI=1S/C18H17NO3/c1-11(2)21-16-14-10-13(12-6-4-3-5-7-12)8-9-15(14)22-17(16)18(19)20/h3-11H,1-2H3,(H2,19,20). The lowest BCUT2D eigenvalue weighted by Gasteiger charge is -2.09. The summed E-state index contributed by atoms with van der Waals surface area (Å²) in [5, 5.41) is 0.754. The molecule has 22 heavy (non-hydrogen) atoms. The van der Waals surface area contributed by atoms with Crippen LogP contribution in [0, 0.1) is 0 Å². The van der Waals surface area contributed by atoms with Crippen molar-refractivity contribution in [3.8, 4) is 16.9 Å². The SMILES string of the molecule is CC(C)Oc1c(C(N)=O)oc2ccc(-c3ccccc3)cc12. The molecule has 3 rings (SSSR count). The Bertz CT molecular complexity index is 819. The highest BCUT2D eigenvalue weighted by atomic mass is 16.5. The zero-order valence-corrected chi connectivity index (χ0v) is 12.5. The fourth-order valence-electron chi connectivity index (χ4n) is 2.40. The molecule has 3 aromatic rings. The van der Waals surface area contributed by atoms with Gasteiger partial charge in [-0.25, -0.2) is 0 Å². The third-order valence-electron chi connectivity index (χ3n) is 3.33. The summed E-state index contributed by atoms with van der Waals surface area (Å²) < 4.78 is 11.3. The van der Waals surface area contributed by atoms with Gasteiger partial charge in [0.25, 0.3) is 5.91 Å². The third-order valence-corrected chi connectivity index (χ3v) is 3.33. The molecule has 0 atom stereocenters. The molecule has 0 aliphatic carbocycles. The Balaban J connectivity index is 2.20. The van der Waals surface area contributed by atoms with E-state index in [-0.39, 0.29) is 11.9 Å². The number of carbonyl (C=O) groups is 1. The second-order valence-electron chi connectivity index (χ2n) is 5.37. The molecule has 1 aromatic heterocycles. The van der Waals surface area contributed by atoms with Crippen LogP contribution in [0.25, 0.3) is 22.1 Å². The average Bonchev–Trinajstić information content (AvgIpc) is 2.86. The van der Waals surface area contributed by atoms with E-state index in [0.29, 0.717) is 11.3 Å². The molecule has 0 saturated heterocycles. The molecule has 0 unspecified atom stereocenters. The smallest absolute Gasteiger partial charge is 0.288 e. The Labute approximate surface area is 128 Å². The van der Waals surface area contributed by atoms with Gasteiger partial charge in [-0.2, -0.15) is 0 Å². The van der Waals surface area contributed by atoms with Crippen LogP contribution in [-0.4, -0.2) is 12.0 Å². The van der Waals surface area contributed by atoms with Crippen LogP contribution >= 0.6 is 0 Å². The number of benzene rings is 2. The summed E-state index contributed by atoms with van der Waals surface area (Å²) in [4.78, 5) is 11.6. The van der Waals surface area contributed by atoms with E-state index < -0.39 is 5.91 Å². The zero-order chi connectivity index (χ0) is 15.7. The minimum Gasteiger partial charge on any atom is -0.486 e. The van der Waals surface area contributed by atoms with Crippen molar-refractivity contribution >= 4 is 16.9 Å². The van der Waals surface area contributed by atoms with Crippen LogP contribution in [0.15, 0.2) is 52.9 Å². The van der Waals surface area contributed by atoms with Crippen LogP contribution in [0.2, 0.25) is 0 Å². The van der Waals surface area contributed by atoms with Gasteiger partial charge in [-0.1, -0.05) is 36.4 Å². The largest absolute Gasteiger partial charge is 0.486 e. The van der Waals surface area contributed by atoms with E-state index in [9.17, 15) is 4.79 Å². The molecule has 0 spiro atoms. The monoisotopic (exact) mass is 295 g/mol. The minimum atomic E-state index is -0.631. The first-order valence-corrected chi connectivity index (χ1v) is 7.14. The van der Waals surface area contributed by atoms with Crippen LogP contribution in [0.3, 0.4) is 0 Å². The number of primary amides is 1. The molecule has 4 nitrogen and oxygen atoms in total. The molecule has 2 N–H and O–H groups in total. The second-order valence-corrected chi connectivity index (χ2v) is 5.37. The Morgan fingerprint density at radius 3 is 2.45 bits per heavy atom. The van der Waals surface area contributed by atoms with E-state index in [1.807, 2.05) is 62.4 Å². The summed E-state index contributed by atoms with van der Waals surface area (Å²) >= 11 is 0. The van der Waals surface area contributed by atoms with Gasteiger partial charge in [0.1, 0.15) is 5.58 Å². The van der Waals surface area contributed by atoms with E-state index in [1.54, 1.807) is 0 Å². The van der Waals surface area contributed by atoms with E-state index in [1.165, 1.54) is 0 Å². The summed E-state index contributed by atoms with van der Waals surface area (Å²) in [5.74, 6) is -0.155. The van der Waals surface area contributed by atoms with E-state index in [4.69, 9.17) is 14.9 Å². The van der Waals surface area contributed by atoms with Crippen LogP contribution in [0.5, 0.6) is 5.75 Å². The van der Waals surface area contributed by atoms with Gasteiger partial charge >= 0.3 is 0 Å². The fourth-order valence-corrected chi connectivity index (χ4v) is 2.40. The first-order valence-electron chi connectivity index (χ1n) is 7.14. The Morgan fingerprint density at radius 1 is 1.09 bits per heavy atom. The second kappa shape index (κ2) is 5.56. The average molecular weight is 295 g/mol. The van der Waals surface area contributed by atoms with Gasteiger partial charge in [0, 0.05) is 0 Å². The van der Waals surface area contributed by atoms with Crippen LogP contribution in [-0.2, 0) is 0 Å². The van der Waals surface area contributed by atoms with E-state index >= 15 is 0 Å². The third kappa shape index (κ3) is 2.55. The van der Waals surface area contributed by atoms with Gasteiger partial charge < -0.3 is 14.9 Å². The topological polar surface area (TPSA) is 65.5 Å². The Hall–Kier alpha value is -2.75. The molecule has 0 aliphatic rings. The molecule has 1 heterocycles. The first-order chi connectivity index (χ1) is 10.6. The number of rotatable bonds is 4. The maximum atomic E-state index is 11.6. The number of nitrogens with two attached hydrogens (primary N) is 1. The molecule has 1 amide bonds. The zero-order valence-electron chi connectivity index (χ0n) is 12.5. The van der Waals surface area contributed by atoms with Crippen LogP contribution in [0.1, 0.15) is 24.4 Å². The minimum absolute atomic E-state index is 0.0638. The number of hydrogen-bond donors (Lipinski definition) is 1. The molecular weight excluding hydrogens is 278 g/mol. The lowest BCUT2D eigenvalue weighted by atomic mass is 10.0. The molecule has 0 fully saturated rings. The lowest BCUT2D eigenvalue weighted by Crippen LogP contribution is -2.14. The number of carbonyl (C=O) groups excluding carboxylic acids is 1. The van der Waals surface area contributed by atoms with Gasteiger partial charge in [0.15, 0.2) is 5.75 Å². The number of furan rings is 1.